The first-order valence-electron chi connectivity index (χ1n) is 12.1. The smallest absolute Gasteiger partial charge is 0.305 e. The van der Waals surface area contributed by atoms with Crippen molar-refractivity contribution in [2.24, 2.45) is 0 Å². The Morgan fingerprint density at radius 3 is 2.20 bits per heavy atom. The van der Waals surface area contributed by atoms with Crippen molar-refractivity contribution in [3.8, 4) is 0 Å². The Balaban J connectivity index is 1.51. The van der Waals surface area contributed by atoms with Gasteiger partial charge in [0.05, 0.1) is 33.0 Å². The van der Waals surface area contributed by atoms with Crippen LogP contribution in [0.4, 0.5) is 5.69 Å². The Kier molecular flexibility index (Phi) is 9.78. The lowest BCUT2D eigenvalue weighted by Gasteiger charge is -2.26. The first-order chi connectivity index (χ1) is 19.4. The second kappa shape index (κ2) is 12.9. The molecule has 3 N–H and O–H groups in total. The van der Waals surface area contributed by atoms with Crippen molar-refractivity contribution in [1.29, 1.82) is 0 Å². The van der Waals surface area contributed by atoms with Crippen LogP contribution in [0.2, 0.25) is 20.1 Å². The average molecular weight is 660 g/mol. The van der Waals surface area contributed by atoms with Crippen molar-refractivity contribution in [3.63, 3.8) is 0 Å². The summed E-state index contributed by atoms with van der Waals surface area (Å²) in [5, 5.41) is 15.2. The van der Waals surface area contributed by atoms with Crippen LogP contribution in [0.1, 0.15) is 41.2 Å². The Bertz CT molecular complexity index is 1560. The normalized spacial score (nSPS) is 16.2. The lowest BCUT2D eigenvalue weighted by Crippen LogP contribution is -2.47. The van der Waals surface area contributed by atoms with Gasteiger partial charge in [-0.3, -0.25) is 19.4 Å². The fraction of sp³-hybridized carbons (Fsp3) is 0.231. The molecule has 2 amide bonds. The summed E-state index contributed by atoms with van der Waals surface area (Å²) >= 11 is 24.1. The van der Waals surface area contributed by atoms with Crippen LogP contribution in [-0.4, -0.2) is 53.2 Å². The number of pyridine rings is 1. The number of carbonyl (C=O) groups is 3. The molecule has 216 valence electrons. The lowest BCUT2D eigenvalue weighted by atomic mass is 10.0. The fourth-order valence-corrected chi connectivity index (χ4v) is 7.34. The van der Waals surface area contributed by atoms with E-state index >= 15 is 0 Å². The molecule has 15 heteroatoms. The topological polar surface area (TPSA) is 146 Å². The number of carboxylic acid groups (broad SMARTS) is 1. The van der Waals surface area contributed by atoms with Crippen LogP contribution in [0.5, 0.6) is 0 Å². The number of halogens is 4. The number of sulfonamides is 1. The number of hydrogen-bond donors (Lipinski definition) is 3. The minimum Gasteiger partial charge on any atom is -0.481 e. The molecule has 4 rings (SSSR count). The van der Waals surface area contributed by atoms with Crippen LogP contribution in [0.15, 0.2) is 59.8 Å². The van der Waals surface area contributed by atoms with Crippen LogP contribution < -0.4 is 10.6 Å². The zero-order valence-corrected chi connectivity index (χ0v) is 24.8. The van der Waals surface area contributed by atoms with Crippen molar-refractivity contribution < 1.29 is 27.9 Å². The van der Waals surface area contributed by atoms with E-state index in [0.29, 0.717) is 17.7 Å². The second-order valence-corrected chi connectivity index (χ2v) is 12.7. The van der Waals surface area contributed by atoms with Gasteiger partial charge < -0.3 is 15.7 Å². The molecule has 2 heterocycles. The number of nitrogens with one attached hydrogen (secondary N) is 2. The average Bonchev–Trinajstić information content (AvgIpc) is 3.39. The predicted molar refractivity (Wildman–Crippen MR) is 155 cm³/mol. The van der Waals surface area contributed by atoms with Crippen LogP contribution >= 0.6 is 46.4 Å². The number of amides is 2. The van der Waals surface area contributed by atoms with E-state index in [-0.39, 0.29) is 43.5 Å². The molecule has 1 aliphatic heterocycles. The zero-order valence-electron chi connectivity index (χ0n) is 21.0. The largest absolute Gasteiger partial charge is 0.481 e. The van der Waals surface area contributed by atoms with E-state index in [1.54, 1.807) is 0 Å². The van der Waals surface area contributed by atoms with Crippen molar-refractivity contribution in [2.45, 2.75) is 36.2 Å². The standard InChI is InChI=1S/C26H22Cl4N4O6S/c27-15-8-16(28)10-18(9-15)41(39,40)34-7-1-2-22(34)25(37)33-21(11-23(35)36)14-3-5-17(6-4-14)32-26(38)24-19(29)12-31-13-20(24)30/h3-6,8-10,12-13,21-22H,1-2,7,11H2,(H,32,38)(H,33,37)(H,35,36)/t21?,22-/m0/s1. The molecule has 0 bridgehead atoms. The number of hydrogen-bond acceptors (Lipinski definition) is 6. The highest BCUT2D eigenvalue weighted by molar-refractivity contribution is 7.89. The van der Waals surface area contributed by atoms with Crippen LogP contribution in [0.25, 0.3) is 0 Å². The predicted octanol–water partition coefficient (Wildman–Crippen LogP) is 5.43. The van der Waals surface area contributed by atoms with Crippen molar-refractivity contribution in [2.75, 3.05) is 11.9 Å². The van der Waals surface area contributed by atoms with E-state index in [0.717, 1.165) is 4.31 Å². The molecule has 41 heavy (non-hydrogen) atoms. The molecule has 0 aliphatic carbocycles. The summed E-state index contributed by atoms with van der Waals surface area (Å²) < 4.78 is 27.7. The number of nitrogens with zero attached hydrogens (tertiary/aromatic N) is 2. The van der Waals surface area contributed by atoms with Gasteiger partial charge in [0.2, 0.25) is 15.9 Å². The number of rotatable bonds is 9. The van der Waals surface area contributed by atoms with Crippen LogP contribution in [-0.2, 0) is 19.6 Å². The molecule has 1 unspecified atom stereocenters. The summed E-state index contributed by atoms with van der Waals surface area (Å²) in [4.78, 5) is 41.2. The van der Waals surface area contributed by atoms with Crippen molar-refractivity contribution in [1.82, 2.24) is 14.6 Å². The highest BCUT2D eigenvalue weighted by Crippen LogP contribution is 2.31. The van der Waals surface area contributed by atoms with Crippen molar-refractivity contribution in [3.05, 3.63) is 86.1 Å². The van der Waals surface area contributed by atoms with Gasteiger partial charge in [0.15, 0.2) is 0 Å². The summed E-state index contributed by atoms with van der Waals surface area (Å²) in [7, 11) is -4.12. The molecule has 1 saturated heterocycles. The molecule has 1 aromatic heterocycles. The molecule has 3 aromatic rings. The SMILES string of the molecule is O=C(O)CC(NC(=O)[C@@H]1CCCN1S(=O)(=O)c1cc(Cl)cc(Cl)c1)c1ccc(NC(=O)c2c(Cl)cncc2Cl)cc1. The number of carboxylic acids is 1. The molecule has 10 nitrogen and oxygen atoms in total. The van der Waals surface area contributed by atoms with E-state index in [1.807, 2.05) is 0 Å². The summed E-state index contributed by atoms with van der Waals surface area (Å²) in [6.07, 6.45) is 2.76. The van der Waals surface area contributed by atoms with Crippen LogP contribution in [0.3, 0.4) is 0 Å². The maximum absolute atomic E-state index is 13.3. The molecular weight excluding hydrogens is 638 g/mol. The highest BCUT2D eigenvalue weighted by Gasteiger charge is 2.40. The minimum atomic E-state index is -4.12. The maximum Gasteiger partial charge on any atom is 0.305 e. The zero-order chi connectivity index (χ0) is 29.9. The quantitative estimate of drug-likeness (QED) is 0.278. The molecule has 0 radical (unpaired) electrons. The summed E-state index contributed by atoms with van der Waals surface area (Å²) in [6.45, 7) is 0.0913. The first kappa shape index (κ1) is 31.0. The van der Waals surface area contributed by atoms with Gasteiger partial charge in [-0.15, -0.1) is 0 Å². The highest BCUT2D eigenvalue weighted by atomic mass is 35.5. The van der Waals surface area contributed by atoms with Crippen LogP contribution in [0, 0.1) is 0 Å². The van der Waals surface area contributed by atoms with E-state index < -0.39 is 46.3 Å². The number of benzene rings is 2. The van der Waals surface area contributed by atoms with Gasteiger partial charge in [0.1, 0.15) is 6.04 Å². The summed E-state index contributed by atoms with van der Waals surface area (Å²) in [6, 6.07) is 7.96. The maximum atomic E-state index is 13.3. The summed E-state index contributed by atoms with van der Waals surface area (Å²) in [5.41, 5.74) is 0.823. The van der Waals surface area contributed by atoms with Gasteiger partial charge in [0, 0.05) is 34.7 Å². The Hall–Kier alpha value is -2.93. The van der Waals surface area contributed by atoms with Gasteiger partial charge in [-0.1, -0.05) is 58.5 Å². The first-order valence-corrected chi connectivity index (χ1v) is 15.0. The third-order valence-corrected chi connectivity index (χ3v) is 9.19. The van der Waals surface area contributed by atoms with E-state index in [2.05, 4.69) is 15.6 Å². The third kappa shape index (κ3) is 7.29. The number of carbonyl (C=O) groups excluding carboxylic acids is 2. The van der Waals surface area contributed by atoms with Gasteiger partial charge >= 0.3 is 5.97 Å². The number of anilines is 1. The number of aliphatic carboxylic acids is 1. The minimum absolute atomic E-state index is 0.0412. The third-order valence-electron chi connectivity index (χ3n) is 6.30. The molecule has 2 aromatic carbocycles. The molecule has 0 spiro atoms. The van der Waals surface area contributed by atoms with Gasteiger partial charge in [-0.25, -0.2) is 8.42 Å². The van der Waals surface area contributed by atoms with E-state index in [1.165, 1.54) is 54.9 Å². The molecule has 1 aliphatic rings. The molecule has 2 atom stereocenters. The number of aromatic nitrogens is 1. The van der Waals surface area contributed by atoms with E-state index in [9.17, 15) is 27.9 Å². The monoisotopic (exact) mass is 658 g/mol. The van der Waals surface area contributed by atoms with E-state index in [4.69, 9.17) is 46.4 Å². The van der Waals surface area contributed by atoms with Crippen molar-refractivity contribution >= 4 is 79.9 Å². The Labute approximate surface area is 255 Å². The van der Waals surface area contributed by atoms with Gasteiger partial charge in [0.25, 0.3) is 5.91 Å². The molecular formula is C26H22Cl4N4O6S. The Morgan fingerprint density at radius 1 is 1.00 bits per heavy atom. The molecule has 0 saturated carbocycles. The molecule has 1 fully saturated rings. The summed E-state index contributed by atoms with van der Waals surface area (Å²) in [5.74, 6) is -2.40. The van der Waals surface area contributed by atoms with Gasteiger partial charge in [-0.2, -0.15) is 4.31 Å². The second-order valence-electron chi connectivity index (χ2n) is 9.09. The Morgan fingerprint density at radius 2 is 1.61 bits per heavy atom. The lowest BCUT2D eigenvalue weighted by molar-refractivity contribution is -0.137. The van der Waals surface area contributed by atoms with Gasteiger partial charge in [-0.05, 0) is 48.7 Å². The fourth-order valence-electron chi connectivity index (χ4n) is 4.42.